The lowest BCUT2D eigenvalue weighted by molar-refractivity contribution is -0.274. The summed E-state index contributed by atoms with van der Waals surface area (Å²) >= 11 is 0. The van der Waals surface area contributed by atoms with Gasteiger partial charge in [-0.25, -0.2) is 9.69 Å². The molecule has 8 nitrogen and oxygen atoms in total. The van der Waals surface area contributed by atoms with Gasteiger partial charge in [0, 0.05) is 26.8 Å². The second-order valence-electron chi connectivity index (χ2n) is 7.86. The van der Waals surface area contributed by atoms with Gasteiger partial charge in [0.15, 0.2) is 0 Å². The van der Waals surface area contributed by atoms with E-state index in [0.717, 1.165) is 17.0 Å². The summed E-state index contributed by atoms with van der Waals surface area (Å²) in [6.45, 7) is 3.17. The van der Waals surface area contributed by atoms with E-state index < -0.39 is 29.6 Å². The third-order valence-electron chi connectivity index (χ3n) is 4.94. The maximum Gasteiger partial charge on any atom is 0.573 e. The number of alkyl halides is 3. The summed E-state index contributed by atoms with van der Waals surface area (Å²) in [5.74, 6) is -1.31. The largest absolute Gasteiger partial charge is 0.573 e. The molecule has 11 heteroatoms. The van der Waals surface area contributed by atoms with E-state index in [1.165, 1.54) is 28.1 Å². The number of benzene rings is 1. The Morgan fingerprint density at radius 3 is 2.31 bits per heavy atom. The Kier molecular flexibility index (Phi) is 5.86. The van der Waals surface area contributed by atoms with E-state index in [2.05, 4.69) is 9.72 Å². The molecule has 0 saturated carbocycles. The van der Waals surface area contributed by atoms with Gasteiger partial charge in [0.1, 0.15) is 17.0 Å². The molecule has 2 heterocycles. The van der Waals surface area contributed by atoms with Crippen LogP contribution >= 0.6 is 0 Å². The molecule has 0 radical (unpaired) electrons. The van der Waals surface area contributed by atoms with Crippen molar-refractivity contribution in [3.63, 3.8) is 0 Å². The number of halogens is 3. The van der Waals surface area contributed by atoms with E-state index in [0.29, 0.717) is 5.56 Å². The average Bonchev–Trinajstić information content (AvgIpc) is 2.87. The third kappa shape index (κ3) is 4.51. The minimum Gasteiger partial charge on any atom is -0.406 e. The minimum absolute atomic E-state index is 0.0274. The Bertz CT molecular complexity index is 1050. The van der Waals surface area contributed by atoms with Crippen molar-refractivity contribution < 1.29 is 32.3 Å². The van der Waals surface area contributed by atoms with Crippen molar-refractivity contribution in [2.75, 3.05) is 19.0 Å². The summed E-state index contributed by atoms with van der Waals surface area (Å²) in [4.78, 5) is 45.9. The maximum atomic E-state index is 13.1. The van der Waals surface area contributed by atoms with E-state index in [9.17, 15) is 27.6 Å². The Morgan fingerprint density at radius 2 is 1.75 bits per heavy atom. The van der Waals surface area contributed by atoms with Gasteiger partial charge in [-0.15, -0.1) is 13.2 Å². The molecule has 0 spiro atoms. The summed E-state index contributed by atoms with van der Waals surface area (Å²) in [7, 11) is 3.18. The summed E-state index contributed by atoms with van der Waals surface area (Å²) in [5, 5.41) is 0. The zero-order valence-corrected chi connectivity index (χ0v) is 17.8. The van der Waals surface area contributed by atoms with Crippen LogP contribution in [0, 0.1) is 0 Å². The molecule has 1 aliphatic heterocycles. The van der Waals surface area contributed by atoms with Crippen molar-refractivity contribution in [2.45, 2.75) is 32.3 Å². The van der Waals surface area contributed by atoms with Gasteiger partial charge in [-0.2, -0.15) is 0 Å². The first-order chi connectivity index (χ1) is 14.8. The molecule has 2 aromatic rings. The highest BCUT2D eigenvalue weighted by molar-refractivity contribution is 6.22. The van der Waals surface area contributed by atoms with Crippen LogP contribution in [0.3, 0.4) is 0 Å². The normalized spacial score (nSPS) is 15.8. The maximum absolute atomic E-state index is 13.1. The molecule has 32 heavy (non-hydrogen) atoms. The number of hydrogen-bond acceptors (Lipinski definition) is 5. The molecule has 1 fully saturated rings. The highest BCUT2D eigenvalue weighted by atomic mass is 19.4. The van der Waals surface area contributed by atoms with Crippen molar-refractivity contribution in [1.29, 1.82) is 0 Å². The van der Waals surface area contributed by atoms with E-state index in [4.69, 9.17) is 0 Å². The fourth-order valence-electron chi connectivity index (χ4n) is 3.23. The number of rotatable bonds is 5. The highest BCUT2D eigenvalue weighted by Crippen LogP contribution is 2.34. The molecular weight excluding hydrogens is 429 g/mol. The number of nitrogens with zero attached hydrogens (tertiary/aromatic N) is 4. The minimum atomic E-state index is -4.85. The highest BCUT2D eigenvalue weighted by Gasteiger charge is 2.51. The van der Waals surface area contributed by atoms with Crippen molar-refractivity contribution in [2.24, 2.45) is 0 Å². The zero-order valence-electron chi connectivity index (χ0n) is 17.8. The Morgan fingerprint density at radius 1 is 1.12 bits per heavy atom. The monoisotopic (exact) mass is 450 g/mol. The van der Waals surface area contributed by atoms with Crippen LogP contribution in [0.25, 0.3) is 0 Å². The molecule has 1 aliphatic rings. The summed E-state index contributed by atoms with van der Waals surface area (Å²) in [5.41, 5.74) is -0.327. The quantitative estimate of drug-likeness (QED) is 0.652. The third-order valence-corrected chi connectivity index (χ3v) is 4.94. The summed E-state index contributed by atoms with van der Waals surface area (Å²) in [6.07, 6.45) is -3.41. The Labute approximate surface area is 182 Å². The number of urea groups is 1. The summed E-state index contributed by atoms with van der Waals surface area (Å²) in [6, 6.07) is 7.01. The summed E-state index contributed by atoms with van der Waals surface area (Å²) < 4.78 is 40.9. The van der Waals surface area contributed by atoms with Crippen LogP contribution < -0.4 is 9.64 Å². The Balaban J connectivity index is 1.86. The molecule has 1 aromatic carbocycles. The number of carbonyl (C=O) groups excluding carboxylic acids is 3. The second-order valence-corrected chi connectivity index (χ2v) is 7.86. The number of imide groups is 1. The fraction of sp³-hybridized carbons (Fsp3) is 0.333. The molecule has 4 amide bonds. The number of carbonyl (C=O) groups is 3. The van der Waals surface area contributed by atoms with Crippen LogP contribution in [0.1, 0.15) is 29.9 Å². The first kappa shape index (κ1) is 23.0. The van der Waals surface area contributed by atoms with Gasteiger partial charge in [-0.05, 0) is 55.8 Å². The van der Waals surface area contributed by atoms with E-state index in [-0.39, 0.29) is 23.8 Å². The number of ether oxygens (including phenoxy) is 1. The van der Waals surface area contributed by atoms with Crippen molar-refractivity contribution in [3.05, 3.63) is 53.9 Å². The van der Waals surface area contributed by atoms with Gasteiger partial charge in [-0.3, -0.25) is 14.6 Å². The molecule has 1 saturated heterocycles. The van der Waals surface area contributed by atoms with Crippen molar-refractivity contribution in [3.8, 4) is 5.75 Å². The number of pyridine rings is 1. The van der Waals surface area contributed by atoms with Crippen molar-refractivity contribution >= 4 is 23.5 Å². The van der Waals surface area contributed by atoms with Gasteiger partial charge >= 0.3 is 12.4 Å². The average molecular weight is 450 g/mol. The first-order valence-electron chi connectivity index (χ1n) is 9.50. The Hall–Kier alpha value is -3.63. The van der Waals surface area contributed by atoms with E-state index in [1.54, 1.807) is 40.1 Å². The number of aromatic nitrogens is 1. The number of amides is 4. The van der Waals surface area contributed by atoms with Crippen LogP contribution in [0.4, 0.5) is 23.7 Å². The molecule has 3 rings (SSSR count). The van der Waals surface area contributed by atoms with Crippen LogP contribution in [-0.4, -0.2) is 58.6 Å². The molecular formula is C21H21F3N4O4. The second kappa shape index (κ2) is 8.13. The topological polar surface area (TPSA) is 83.0 Å². The van der Waals surface area contributed by atoms with Crippen LogP contribution in [0.5, 0.6) is 5.75 Å². The van der Waals surface area contributed by atoms with Gasteiger partial charge in [-0.1, -0.05) is 0 Å². The first-order valence-corrected chi connectivity index (χ1v) is 9.50. The molecule has 1 aromatic heterocycles. The number of hydrogen-bond donors (Lipinski definition) is 0. The lowest BCUT2D eigenvalue weighted by Crippen LogP contribution is -2.43. The predicted octanol–water partition coefficient (Wildman–Crippen LogP) is 3.43. The van der Waals surface area contributed by atoms with Gasteiger partial charge in [0.05, 0.1) is 5.69 Å². The smallest absolute Gasteiger partial charge is 0.406 e. The van der Waals surface area contributed by atoms with Crippen LogP contribution in [0.2, 0.25) is 0 Å². The zero-order chi connectivity index (χ0) is 23.8. The lowest BCUT2D eigenvalue weighted by atomic mass is 10.0. The number of anilines is 1. The fourth-order valence-corrected chi connectivity index (χ4v) is 3.23. The SMILES string of the molecule is CN(C)C(=O)c1cc(CN2C(=O)N(c3ccc(OC(F)(F)F)cc3)C(=O)C2(C)C)ccn1. The molecule has 0 bridgehead atoms. The van der Waals surface area contributed by atoms with Gasteiger partial charge in [0.2, 0.25) is 0 Å². The lowest BCUT2D eigenvalue weighted by Gasteiger charge is -2.27. The van der Waals surface area contributed by atoms with Crippen molar-refractivity contribution in [1.82, 2.24) is 14.8 Å². The van der Waals surface area contributed by atoms with Crippen LogP contribution in [-0.2, 0) is 11.3 Å². The van der Waals surface area contributed by atoms with Gasteiger partial charge < -0.3 is 14.5 Å². The van der Waals surface area contributed by atoms with E-state index in [1.807, 2.05) is 0 Å². The molecule has 0 aliphatic carbocycles. The molecule has 170 valence electrons. The molecule has 0 N–H and O–H groups in total. The predicted molar refractivity (Wildman–Crippen MR) is 108 cm³/mol. The standard InChI is InChI=1S/C21H21F3N4O4/c1-20(2)18(30)28(14-5-7-15(8-6-14)32-21(22,23)24)19(31)27(20)12-13-9-10-25-16(11-13)17(29)26(3)4/h5-11H,12H2,1-4H3. The molecule has 0 atom stereocenters. The molecule has 0 unspecified atom stereocenters. The van der Waals surface area contributed by atoms with Gasteiger partial charge in [0.25, 0.3) is 11.8 Å². The van der Waals surface area contributed by atoms with E-state index >= 15 is 0 Å². The van der Waals surface area contributed by atoms with Crippen LogP contribution in [0.15, 0.2) is 42.6 Å².